The summed E-state index contributed by atoms with van der Waals surface area (Å²) >= 11 is 0. The molecule has 0 radical (unpaired) electrons. The van der Waals surface area contributed by atoms with Crippen LogP contribution in [-0.2, 0) is 4.74 Å². The van der Waals surface area contributed by atoms with Crippen LogP contribution < -0.4 is 11.3 Å². The van der Waals surface area contributed by atoms with E-state index in [-0.39, 0.29) is 11.9 Å². The largest absolute Gasteiger partial charge is 0.381 e. The van der Waals surface area contributed by atoms with E-state index in [1.807, 2.05) is 32.2 Å². The molecule has 1 aromatic rings. The SMILES string of the molecule is Cc1ccc(NN)c(C(=O)N(C)C2CCOCC2)c1. The predicted octanol–water partition coefficient (Wildman–Crippen LogP) is 1.53. The van der Waals surface area contributed by atoms with Gasteiger partial charge in [-0.1, -0.05) is 11.6 Å². The molecule has 0 bridgehead atoms. The molecule has 5 heteroatoms. The van der Waals surface area contributed by atoms with Gasteiger partial charge in [0, 0.05) is 26.3 Å². The third-order valence-electron chi connectivity index (χ3n) is 3.62. The first-order valence-corrected chi connectivity index (χ1v) is 6.55. The standard InChI is InChI=1S/C14H21N3O2/c1-10-3-4-13(16-15)12(9-10)14(18)17(2)11-5-7-19-8-6-11/h3-4,9,11,16H,5-8,15H2,1-2H3. The van der Waals surface area contributed by atoms with Crippen molar-refractivity contribution < 1.29 is 9.53 Å². The van der Waals surface area contributed by atoms with E-state index in [1.54, 1.807) is 4.90 Å². The van der Waals surface area contributed by atoms with Gasteiger partial charge in [0.05, 0.1) is 11.3 Å². The van der Waals surface area contributed by atoms with Crippen LogP contribution in [0.3, 0.4) is 0 Å². The molecule has 1 fully saturated rings. The fraction of sp³-hybridized carbons (Fsp3) is 0.500. The number of anilines is 1. The number of nitrogens with zero attached hydrogens (tertiary/aromatic N) is 1. The topological polar surface area (TPSA) is 67.6 Å². The van der Waals surface area contributed by atoms with Crippen molar-refractivity contribution in [2.24, 2.45) is 5.84 Å². The summed E-state index contributed by atoms with van der Waals surface area (Å²) in [5.74, 6) is 5.48. The number of hydrazine groups is 1. The van der Waals surface area contributed by atoms with Gasteiger partial charge in [0.1, 0.15) is 0 Å². The number of amides is 1. The highest BCUT2D eigenvalue weighted by atomic mass is 16.5. The number of nitrogens with two attached hydrogens (primary N) is 1. The van der Waals surface area contributed by atoms with E-state index in [1.165, 1.54) is 0 Å². The highest BCUT2D eigenvalue weighted by molar-refractivity contribution is 5.99. The molecule has 3 N–H and O–H groups in total. The summed E-state index contributed by atoms with van der Waals surface area (Å²) in [7, 11) is 1.85. The van der Waals surface area contributed by atoms with Crippen LogP contribution in [0.4, 0.5) is 5.69 Å². The van der Waals surface area contributed by atoms with Crippen molar-refractivity contribution in [1.29, 1.82) is 0 Å². The second-order valence-corrected chi connectivity index (χ2v) is 4.95. The summed E-state index contributed by atoms with van der Waals surface area (Å²) in [5, 5.41) is 0. The molecule has 0 spiro atoms. The second kappa shape index (κ2) is 6.04. The van der Waals surface area contributed by atoms with Gasteiger partial charge in [-0.3, -0.25) is 10.6 Å². The highest BCUT2D eigenvalue weighted by Gasteiger charge is 2.24. The van der Waals surface area contributed by atoms with E-state index in [4.69, 9.17) is 10.6 Å². The fourth-order valence-electron chi connectivity index (χ4n) is 2.39. The Balaban J connectivity index is 2.20. The number of carbonyl (C=O) groups excluding carboxylic acids is 1. The molecule has 1 aromatic carbocycles. The normalized spacial score (nSPS) is 16.2. The van der Waals surface area contributed by atoms with Crippen molar-refractivity contribution in [3.8, 4) is 0 Å². The minimum Gasteiger partial charge on any atom is -0.381 e. The van der Waals surface area contributed by atoms with Gasteiger partial charge in [0.15, 0.2) is 0 Å². The molecule has 19 heavy (non-hydrogen) atoms. The smallest absolute Gasteiger partial charge is 0.256 e. The Labute approximate surface area is 113 Å². The van der Waals surface area contributed by atoms with Crippen molar-refractivity contribution in [2.75, 3.05) is 25.7 Å². The van der Waals surface area contributed by atoms with Crippen LogP contribution in [0.5, 0.6) is 0 Å². The first-order valence-electron chi connectivity index (χ1n) is 6.55. The van der Waals surface area contributed by atoms with Gasteiger partial charge in [-0.15, -0.1) is 0 Å². The average molecular weight is 263 g/mol. The molecule has 1 aliphatic heterocycles. The zero-order valence-electron chi connectivity index (χ0n) is 11.5. The third kappa shape index (κ3) is 3.05. The Kier molecular flexibility index (Phi) is 4.39. The monoisotopic (exact) mass is 263 g/mol. The van der Waals surface area contributed by atoms with Crippen LogP contribution >= 0.6 is 0 Å². The van der Waals surface area contributed by atoms with Crippen molar-refractivity contribution in [3.05, 3.63) is 29.3 Å². The van der Waals surface area contributed by atoms with E-state index < -0.39 is 0 Å². The summed E-state index contributed by atoms with van der Waals surface area (Å²) in [6.07, 6.45) is 1.78. The molecule has 104 valence electrons. The molecular weight excluding hydrogens is 242 g/mol. The second-order valence-electron chi connectivity index (χ2n) is 4.95. The number of hydrogen-bond acceptors (Lipinski definition) is 4. The number of ether oxygens (including phenoxy) is 1. The minimum atomic E-state index is 0.00329. The Morgan fingerprint density at radius 3 is 2.74 bits per heavy atom. The summed E-state index contributed by atoms with van der Waals surface area (Å²) in [4.78, 5) is 14.4. The molecule has 0 saturated carbocycles. The lowest BCUT2D eigenvalue weighted by atomic mass is 10.0. The molecule has 1 saturated heterocycles. The van der Waals surface area contributed by atoms with Crippen molar-refractivity contribution in [3.63, 3.8) is 0 Å². The fourth-order valence-corrected chi connectivity index (χ4v) is 2.39. The number of carbonyl (C=O) groups is 1. The molecular formula is C14H21N3O2. The maximum absolute atomic E-state index is 12.6. The van der Waals surface area contributed by atoms with E-state index in [2.05, 4.69) is 5.43 Å². The predicted molar refractivity (Wildman–Crippen MR) is 74.9 cm³/mol. The van der Waals surface area contributed by atoms with Crippen molar-refractivity contribution in [1.82, 2.24) is 4.90 Å². The van der Waals surface area contributed by atoms with Crippen LogP contribution in [0.2, 0.25) is 0 Å². The number of benzene rings is 1. The minimum absolute atomic E-state index is 0.00329. The summed E-state index contributed by atoms with van der Waals surface area (Å²) < 4.78 is 5.33. The van der Waals surface area contributed by atoms with Gasteiger partial charge in [0.2, 0.25) is 0 Å². The molecule has 1 amide bonds. The van der Waals surface area contributed by atoms with Gasteiger partial charge >= 0.3 is 0 Å². The van der Waals surface area contributed by atoms with E-state index >= 15 is 0 Å². The molecule has 5 nitrogen and oxygen atoms in total. The van der Waals surface area contributed by atoms with Crippen LogP contribution in [0.15, 0.2) is 18.2 Å². The zero-order chi connectivity index (χ0) is 13.8. The lowest BCUT2D eigenvalue weighted by molar-refractivity contribution is 0.0362. The zero-order valence-corrected chi connectivity index (χ0v) is 11.5. The number of aryl methyl sites for hydroxylation is 1. The number of hydrogen-bond donors (Lipinski definition) is 2. The van der Waals surface area contributed by atoms with E-state index in [0.29, 0.717) is 11.3 Å². The molecule has 1 aliphatic rings. The summed E-state index contributed by atoms with van der Waals surface area (Å²) in [6.45, 7) is 3.40. The molecule has 2 rings (SSSR count). The molecule has 0 aromatic heterocycles. The average Bonchev–Trinajstić information content (AvgIpc) is 2.46. The summed E-state index contributed by atoms with van der Waals surface area (Å²) in [5.41, 5.74) is 4.92. The molecule has 0 unspecified atom stereocenters. The molecule has 1 heterocycles. The van der Waals surface area contributed by atoms with Crippen LogP contribution in [0.1, 0.15) is 28.8 Å². The Bertz CT molecular complexity index is 456. The van der Waals surface area contributed by atoms with Gasteiger partial charge in [0.25, 0.3) is 5.91 Å². The quantitative estimate of drug-likeness (QED) is 0.641. The van der Waals surface area contributed by atoms with Gasteiger partial charge in [-0.2, -0.15) is 0 Å². The van der Waals surface area contributed by atoms with E-state index in [0.717, 1.165) is 31.6 Å². The van der Waals surface area contributed by atoms with Crippen molar-refractivity contribution in [2.45, 2.75) is 25.8 Å². The van der Waals surface area contributed by atoms with Crippen LogP contribution in [0, 0.1) is 6.92 Å². The summed E-state index contributed by atoms with van der Waals surface area (Å²) in [6, 6.07) is 5.88. The van der Waals surface area contributed by atoms with Gasteiger partial charge in [-0.05, 0) is 31.9 Å². The number of nitrogens with one attached hydrogen (secondary N) is 1. The maximum atomic E-state index is 12.6. The lowest BCUT2D eigenvalue weighted by Crippen LogP contribution is -2.41. The van der Waals surface area contributed by atoms with Crippen LogP contribution in [-0.4, -0.2) is 37.1 Å². The lowest BCUT2D eigenvalue weighted by Gasteiger charge is -2.31. The molecule has 0 aliphatic carbocycles. The third-order valence-corrected chi connectivity index (χ3v) is 3.62. The number of nitrogen functional groups attached to an aromatic ring is 1. The molecule has 0 atom stereocenters. The number of rotatable bonds is 3. The first kappa shape index (κ1) is 13.8. The van der Waals surface area contributed by atoms with Gasteiger partial charge < -0.3 is 15.1 Å². The Morgan fingerprint density at radius 1 is 1.42 bits per heavy atom. The highest BCUT2D eigenvalue weighted by Crippen LogP contribution is 2.21. The Morgan fingerprint density at radius 2 is 2.11 bits per heavy atom. The maximum Gasteiger partial charge on any atom is 0.256 e. The van der Waals surface area contributed by atoms with Crippen molar-refractivity contribution >= 4 is 11.6 Å². The first-order chi connectivity index (χ1) is 9.13. The van der Waals surface area contributed by atoms with Crippen LogP contribution in [0.25, 0.3) is 0 Å². The Hall–Kier alpha value is -1.59. The van der Waals surface area contributed by atoms with E-state index in [9.17, 15) is 4.79 Å². The van der Waals surface area contributed by atoms with Gasteiger partial charge in [-0.25, -0.2) is 0 Å².